The van der Waals surface area contributed by atoms with Gasteiger partial charge in [0.25, 0.3) is 11.6 Å². The Hall–Kier alpha value is -2.11. The summed E-state index contributed by atoms with van der Waals surface area (Å²) in [5.41, 5.74) is 5.70. The van der Waals surface area contributed by atoms with Gasteiger partial charge in [-0.3, -0.25) is 14.9 Å². The molecule has 1 aromatic carbocycles. The highest BCUT2D eigenvalue weighted by Crippen LogP contribution is 2.22. The summed E-state index contributed by atoms with van der Waals surface area (Å²) in [5.74, 6) is -0.259. The van der Waals surface area contributed by atoms with Gasteiger partial charge in [0.05, 0.1) is 4.92 Å². The van der Waals surface area contributed by atoms with Crippen LogP contribution in [0.2, 0.25) is 0 Å². The van der Waals surface area contributed by atoms with E-state index in [4.69, 9.17) is 5.73 Å². The van der Waals surface area contributed by atoms with Crippen molar-refractivity contribution in [2.75, 3.05) is 5.73 Å². The summed E-state index contributed by atoms with van der Waals surface area (Å²) in [6.07, 6.45) is 3.03. The standard InChI is InChI=1S/C13H19N3O3/c1-3-4-5-9(2)15-13(17)10-6-7-12(16(18)19)11(14)8-10/h6-9H,3-5,14H2,1-2H3,(H,15,17). The summed E-state index contributed by atoms with van der Waals surface area (Å²) in [7, 11) is 0. The molecule has 1 unspecified atom stereocenters. The SMILES string of the molecule is CCCCC(C)NC(=O)c1ccc([N+](=O)[O-])c(N)c1. The molecule has 0 aliphatic rings. The third kappa shape index (κ3) is 4.24. The van der Waals surface area contributed by atoms with Crippen LogP contribution in [0.3, 0.4) is 0 Å². The first-order valence-corrected chi connectivity index (χ1v) is 6.30. The zero-order valence-electron chi connectivity index (χ0n) is 11.2. The van der Waals surface area contributed by atoms with Crippen molar-refractivity contribution in [1.29, 1.82) is 0 Å². The molecule has 0 bridgehead atoms. The number of nitro benzene ring substituents is 1. The summed E-state index contributed by atoms with van der Waals surface area (Å²) in [6.45, 7) is 4.02. The molecule has 0 fully saturated rings. The van der Waals surface area contributed by atoms with Crippen LogP contribution in [0.1, 0.15) is 43.5 Å². The van der Waals surface area contributed by atoms with Crippen molar-refractivity contribution in [2.45, 2.75) is 39.2 Å². The number of nitrogen functional groups attached to an aromatic ring is 1. The number of anilines is 1. The highest BCUT2D eigenvalue weighted by Gasteiger charge is 2.15. The second-order valence-corrected chi connectivity index (χ2v) is 4.55. The maximum atomic E-state index is 11.9. The number of hydrogen-bond acceptors (Lipinski definition) is 4. The Morgan fingerprint density at radius 3 is 2.74 bits per heavy atom. The quantitative estimate of drug-likeness (QED) is 0.469. The molecule has 6 nitrogen and oxygen atoms in total. The number of rotatable bonds is 6. The van der Waals surface area contributed by atoms with Crippen molar-refractivity contribution in [3.63, 3.8) is 0 Å². The first-order valence-electron chi connectivity index (χ1n) is 6.30. The molecule has 1 rings (SSSR count). The number of benzene rings is 1. The van der Waals surface area contributed by atoms with Crippen LogP contribution in [0.4, 0.5) is 11.4 Å². The van der Waals surface area contributed by atoms with E-state index in [9.17, 15) is 14.9 Å². The van der Waals surface area contributed by atoms with Gasteiger partial charge in [0.15, 0.2) is 0 Å². The minimum atomic E-state index is -0.569. The second-order valence-electron chi connectivity index (χ2n) is 4.55. The Kier molecular flexibility index (Phi) is 5.29. The second kappa shape index (κ2) is 6.72. The molecule has 1 amide bonds. The smallest absolute Gasteiger partial charge is 0.292 e. The van der Waals surface area contributed by atoms with Crippen LogP contribution < -0.4 is 11.1 Å². The average Bonchev–Trinajstić information content (AvgIpc) is 2.35. The number of carbonyl (C=O) groups excluding carboxylic acids is 1. The van der Waals surface area contributed by atoms with Gasteiger partial charge in [-0.05, 0) is 25.5 Å². The maximum absolute atomic E-state index is 11.9. The van der Waals surface area contributed by atoms with E-state index in [0.717, 1.165) is 19.3 Å². The van der Waals surface area contributed by atoms with Crippen LogP contribution in [0.25, 0.3) is 0 Å². The van der Waals surface area contributed by atoms with E-state index in [-0.39, 0.29) is 23.3 Å². The minimum Gasteiger partial charge on any atom is -0.393 e. The molecule has 0 heterocycles. The van der Waals surface area contributed by atoms with E-state index < -0.39 is 4.92 Å². The third-order valence-corrected chi connectivity index (χ3v) is 2.85. The lowest BCUT2D eigenvalue weighted by atomic mass is 10.1. The van der Waals surface area contributed by atoms with Crippen LogP contribution in [0.5, 0.6) is 0 Å². The lowest BCUT2D eigenvalue weighted by molar-refractivity contribution is -0.383. The molecule has 0 aliphatic heterocycles. The van der Waals surface area contributed by atoms with Crippen molar-refractivity contribution >= 4 is 17.3 Å². The minimum absolute atomic E-state index is 0.00105. The number of nitro groups is 1. The molecule has 0 spiro atoms. The van der Waals surface area contributed by atoms with E-state index in [1.807, 2.05) is 6.92 Å². The molecule has 0 aromatic heterocycles. The topological polar surface area (TPSA) is 98.3 Å². The Bertz CT molecular complexity index is 474. The normalized spacial score (nSPS) is 11.9. The van der Waals surface area contributed by atoms with Crippen LogP contribution in [-0.2, 0) is 0 Å². The predicted octanol–water partition coefficient (Wildman–Crippen LogP) is 2.49. The number of unbranched alkanes of at least 4 members (excludes halogenated alkanes) is 1. The highest BCUT2D eigenvalue weighted by atomic mass is 16.6. The Morgan fingerprint density at radius 1 is 1.53 bits per heavy atom. The highest BCUT2D eigenvalue weighted by molar-refractivity contribution is 5.95. The van der Waals surface area contributed by atoms with Crippen molar-refractivity contribution in [3.05, 3.63) is 33.9 Å². The molecule has 1 atom stereocenters. The van der Waals surface area contributed by atoms with Crippen LogP contribution >= 0.6 is 0 Å². The molecular formula is C13H19N3O3. The molecule has 1 aromatic rings. The average molecular weight is 265 g/mol. The number of nitrogens with two attached hydrogens (primary N) is 1. The van der Waals surface area contributed by atoms with Gasteiger partial charge in [-0.25, -0.2) is 0 Å². The van der Waals surface area contributed by atoms with Gasteiger partial charge in [-0.1, -0.05) is 19.8 Å². The molecule has 0 saturated carbocycles. The Labute approximate surface area is 112 Å². The van der Waals surface area contributed by atoms with Gasteiger partial charge in [0, 0.05) is 17.7 Å². The fourth-order valence-corrected chi connectivity index (χ4v) is 1.75. The Balaban J connectivity index is 2.72. The monoisotopic (exact) mass is 265 g/mol. The Morgan fingerprint density at radius 2 is 2.21 bits per heavy atom. The van der Waals surface area contributed by atoms with E-state index in [1.54, 1.807) is 0 Å². The van der Waals surface area contributed by atoms with Gasteiger partial charge in [0.1, 0.15) is 5.69 Å². The largest absolute Gasteiger partial charge is 0.393 e. The lowest BCUT2D eigenvalue weighted by Crippen LogP contribution is -2.32. The number of carbonyl (C=O) groups is 1. The van der Waals surface area contributed by atoms with Gasteiger partial charge in [0.2, 0.25) is 0 Å². The zero-order chi connectivity index (χ0) is 14.4. The molecule has 0 aliphatic carbocycles. The molecule has 0 radical (unpaired) electrons. The van der Waals surface area contributed by atoms with E-state index >= 15 is 0 Å². The van der Waals surface area contributed by atoms with E-state index in [1.165, 1.54) is 18.2 Å². The van der Waals surface area contributed by atoms with Gasteiger partial charge < -0.3 is 11.1 Å². The number of hydrogen-bond donors (Lipinski definition) is 2. The summed E-state index contributed by atoms with van der Waals surface area (Å²) < 4.78 is 0. The molecule has 19 heavy (non-hydrogen) atoms. The van der Waals surface area contributed by atoms with E-state index in [2.05, 4.69) is 12.2 Å². The summed E-state index contributed by atoms with van der Waals surface area (Å²) >= 11 is 0. The van der Waals surface area contributed by atoms with Crippen molar-refractivity contribution < 1.29 is 9.72 Å². The van der Waals surface area contributed by atoms with Crippen LogP contribution in [0, 0.1) is 10.1 Å². The van der Waals surface area contributed by atoms with Gasteiger partial charge in [-0.2, -0.15) is 0 Å². The van der Waals surface area contributed by atoms with Crippen LogP contribution in [-0.4, -0.2) is 16.9 Å². The summed E-state index contributed by atoms with van der Waals surface area (Å²) in [6, 6.07) is 4.07. The molecule has 6 heteroatoms. The fraction of sp³-hybridized carbons (Fsp3) is 0.462. The number of amides is 1. The first-order chi connectivity index (χ1) is 8.95. The summed E-state index contributed by atoms with van der Waals surface area (Å²) in [4.78, 5) is 22.0. The third-order valence-electron chi connectivity index (χ3n) is 2.85. The van der Waals surface area contributed by atoms with Crippen molar-refractivity contribution in [2.24, 2.45) is 0 Å². The van der Waals surface area contributed by atoms with Gasteiger partial charge in [-0.15, -0.1) is 0 Å². The number of nitrogens with zero attached hydrogens (tertiary/aromatic N) is 1. The maximum Gasteiger partial charge on any atom is 0.292 e. The van der Waals surface area contributed by atoms with Gasteiger partial charge >= 0.3 is 0 Å². The van der Waals surface area contributed by atoms with Crippen molar-refractivity contribution in [1.82, 2.24) is 5.32 Å². The molecule has 104 valence electrons. The predicted molar refractivity (Wildman–Crippen MR) is 74.0 cm³/mol. The fourth-order valence-electron chi connectivity index (χ4n) is 1.75. The lowest BCUT2D eigenvalue weighted by Gasteiger charge is -2.13. The first kappa shape index (κ1) is 14.9. The van der Waals surface area contributed by atoms with Crippen molar-refractivity contribution in [3.8, 4) is 0 Å². The zero-order valence-corrected chi connectivity index (χ0v) is 11.2. The number of nitrogens with one attached hydrogen (secondary N) is 1. The van der Waals surface area contributed by atoms with E-state index in [0.29, 0.717) is 5.56 Å². The summed E-state index contributed by atoms with van der Waals surface area (Å²) in [5, 5.41) is 13.5. The molecule has 0 saturated heterocycles. The molecule has 3 N–H and O–H groups in total. The van der Waals surface area contributed by atoms with Crippen LogP contribution in [0.15, 0.2) is 18.2 Å². The molecular weight excluding hydrogens is 246 g/mol.